The van der Waals surface area contributed by atoms with E-state index in [-0.39, 0.29) is 6.10 Å². The molecule has 0 aromatic rings. The predicted molar refractivity (Wildman–Crippen MR) is 86.5 cm³/mol. The fourth-order valence-corrected chi connectivity index (χ4v) is 3.56. The molecule has 21 heavy (non-hydrogen) atoms. The van der Waals surface area contributed by atoms with Gasteiger partial charge in [0.15, 0.2) is 0 Å². The number of hydrogen-bond donors (Lipinski definition) is 2. The van der Waals surface area contributed by atoms with E-state index in [4.69, 9.17) is 4.74 Å². The molecule has 1 saturated heterocycles. The lowest BCUT2D eigenvalue weighted by Gasteiger charge is -2.29. The molecule has 0 aromatic carbocycles. The van der Waals surface area contributed by atoms with E-state index in [1.54, 1.807) is 0 Å². The first-order valence-corrected chi connectivity index (χ1v) is 8.82. The van der Waals surface area contributed by atoms with Gasteiger partial charge in [-0.2, -0.15) is 0 Å². The number of aliphatic hydroxyl groups is 1. The maximum atomic E-state index is 10.0. The Morgan fingerprint density at radius 3 is 2.71 bits per heavy atom. The second kappa shape index (κ2) is 9.09. The summed E-state index contributed by atoms with van der Waals surface area (Å²) < 4.78 is 5.88. The van der Waals surface area contributed by atoms with Crippen LogP contribution in [0.4, 0.5) is 0 Å². The van der Waals surface area contributed by atoms with Crippen LogP contribution < -0.4 is 5.32 Å². The van der Waals surface area contributed by atoms with E-state index in [1.165, 1.54) is 45.2 Å². The number of hydrogen-bond acceptors (Lipinski definition) is 4. The van der Waals surface area contributed by atoms with Crippen molar-refractivity contribution in [2.45, 2.75) is 57.7 Å². The summed E-state index contributed by atoms with van der Waals surface area (Å²) in [7, 11) is 2.19. The number of nitrogens with zero attached hydrogens (tertiary/aromatic N) is 1. The molecule has 3 unspecified atom stereocenters. The zero-order valence-electron chi connectivity index (χ0n) is 13.9. The second-order valence-electron chi connectivity index (χ2n) is 7.29. The van der Waals surface area contributed by atoms with Crippen LogP contribution in [0.2, 0.25) is 0 Å². The Hall–Kier alpha value is -0.160. The molecule has 2 rings (SSSR count). The lowest BCUT2D eigenvalue weighted by molar-refractivity contribution is -0.0308. The normalized spacial score (nSPS) is 30.4. The highest BCUT2D eigenvalue weighted by atomic mass is 16.5. The standard InChI is InChI=1S/C17H34N2O2/c1-14-4-3-5-17(10-14)21-13-16(20)12-18-11-15-6-8-19(2)9-7-15/h14-18,20H,3-13H2,1-2H3. The van der Waals surface area contributed by atoms with Crippen LogP contribution in [0.25, 0.3) is 0 Å². The van der Waals surface area contributed by atoms with Crippen LogP contribution in [0.5, 0.6) is 0 Å². The first-order chi connectivity index (χ1) is 10.1. The molecule has 0 aromatic heterocycles. The maximum absolute atomic E-state index is 10.0. The number of ether oxygens (including phenoxy) is 1. The SMILES string of the molecule is CC1CCCC(OCC(O)CNCC2CCN(C)CC2)C1. The highest BCUT2D eigenvalue weighted by Gasteiger charge is 2.20. The molecule has 4 nitrogen and oxygen atoms in total. The minimum atomic E-state index is -0.367. The van der Waals surface area contributed by atoms with Gasteiger partial charge >= 0.3 is 0 Å². The molecule has 124 valence electrons. The van der Waals surface area contributed by atoms with E-state index >= 15 is 0 Å². The van der Waals surface area contributed by atoms with Gasteiger partial charge in [0.2, 0.25) is 0 Å². The fraction of sp³-hybridized carbons (Fsp3) is 1.00. The second-order valence-corrected chi connectivity index (χ2v) is 7.29. The minimum absolute atomic E-state index is 0.367. The van der Waals surface area contributed by atoms with E-state index in [0.29, 0.717) is 19.3 Å². The van der Waals surface area contributed by atoms with Crippen LogP contribution in [0.1, 0.15) is 45.4 Å². The molecule has 0 amide bonds. The summed E-state index contributed by atoms with van der Waals surface area (Å²) in [5.41, 5.74) is 0. The van der Waals surface area contributed by atoms with Crippen molar-refractivity contribution < 1.29 is 9.84 Å². The maximum Gasteiger partial charge on any atom is 0.0897 e. The van der Waals surface area contributed by atoms with Crippen molar-refractivity contribution in [1.29, 1.82) is 0 Å². The van der Waals surface area contributed by atoms with E-state index < -0.39 is 0 Å². The van der Waals surface area contributed by atoms with Crippen molar-refractivity contribution in [1.82, 2.24) is 10.2 Å². The summed E-state index contributed by atoms with van der Waals surface area (Å²) in [4.78, 5) is 2.39. The van der Waals surface area contributed by atoms with Gasteiger partial charge < -0.3 is 20.1 Å². The molecule has 3 atom stereocenters. The van der Waals surface area contributed by atoms with Crippen LogP contribution in [-0.2, 0) is 4.74 Å². The van der Waals surface area contributed by atoms with Gasteiger partial charge in [0, 0.05) is 6.54 Å². The van der Waals surface area contributed by atoms with Crippen LogP contribution >= 0.6 is 0 Å². The zero-order valence-corrected chi connectivity index (χ0v) is 13.9. The summed E-state index contributed by atoms with van der Waals surface area (Å²) in [6.45, 7) is 6.89. The molecule has 0 bridgehead atoms. The molecule has 1 saturated carbocycles. The molecular weight excluding hydrogens is 264 g/mol. The highest BCUT2D eigenvalue weighted by Crippen LogP contribution is 2.25. The summed E-state index contributed by atoms with van der Waals surface area (Å²) in [6, 6.07) is 0. The van der Waals surface area contributed by atoms with E-state index in [1.807, 2.05) is 0 Å². The summed E-state index contributed by atoms with van der Waals surface area (Å²) in [5.74, 6) is 1.55. The topological polar surface area (TPSA) is 44.7 Å². The smallest absolute Gasteiger partial charge is 0.0897 e. The van der Waals surface area contributed by atoms with Gasteiger partial charge in [0.05, 0.1) is 18.8 Å². The molecular formula is C17H34N2O2. The van der Waals surface area contributed by atoms with Crippen LogP contribution in [0, 0.1) is 11.8 Å². The lowest BCUT2D eigenvalue weighted by atomic mass is 9.89. The first kappa shape index (κ1) is 17.2. The number of rotatable bonds is 7. The summed E-state index contributed by atoms with van der Waals surface area (Å²) in [5, 5.41) is 13.4. The van der Waals surface area contributed by atoms with Gasteiger partial charge in [-0.05, 0) is 64.2 Å². The predicted octanol–water partition coefficient (Wildman–Crippen LogP) is 1.87. The van der Waals surface area contributed by atoms with E-state index in [2.05, 4.69) is 24.2 Å². The van der Waals surface area contributed by atoms with Crippen molar-refractivity contribution in [2.24, 2.45) is 11.8 Å². The Kier molecular flexibility index (Phi) is 7.44. The largest absolute Gasteiger partial charge is 0.389 e. The van der Waals surface area contributed by atoms with Crippen molar-refractivity contribution >= 4 is 0 Å². The third-order valence-electron chi connectivity index (χ3n) is 5.06. The van der Waals surface area contributed by atoms with Crippen molar-refractivity contribution in [2.75, 3.05) is 39.8 Å². The Balaban J connectivity index is 1.50. The Labute approximate surface area is 130 Å². The van der Waals surface area contributed by atoms with Crippen molar-refractivity contribution in [3.05, 3.63) is 0 Å². The molecule has 2 N–H and O–H groups in total. The van der Waals surface area contributed by atoms with Crippen LogP contribution in [-0.4, -0.2) is 62.0 Å². The number of aliphatic hydroxyl groups excluding tert-OH is 1. The Morgan fingerprint density at radius 2 is 2.00 bits per heavy atom. The monoisotopic (exact) mass is 298 g/mol. The number of piperidine rings is 1. The van der Waals surface area contributed by atoms with Gasteiger partial charge in [0.1, 0.15) is 0 Å². The average molecular weight is 298 g/mol. The highest BCUT2D eigenvalue weighted by molar-refractivity contribution is 4.74. The molecule has 0 radical (unpaired) electrons. The van der Waals surface area contributed by atoms with Gasteiger partial charge in [-0.3, -0.25) is 0 Å². The number of nitrogens with one attached hydrogen (secondary N) is 1. The summed E-state index contributed by atoms with van der Waals surface area (Å²) in [6.07, 6.45) is 7.49. The van der Waals surface area contributed by atoms with Gasteiger partial charge in [-0.1, -0.05) is 19.8 Å². The molecule has 1 aliphatic carbocycles. The minimum Gasteiger partial charge on any atom is -0.389 e. The lowest BCUT2D eigenvalue weighted by Crippen LogP contribution is -2.38. The van der Waals surface area contributed by atoms with Crippen molar-refractivity contribution in [3.8, 4) is 0 Å². The molecule has 2 fully saturated rings. The third-order valence-corrected chi connectivity index (χ3v) is 5.06. The molecule has 0 spiro atoms. The average Bonchev–Trinajstić information content (AvgIpc) is 2.47. The fourth-order valence-electron chi connectivity index (χ4n) is 3.56. The first-order valence-electron chi connectivity index (χ1n) is 8.82. The van der Waals surface area contributed by atoms with Gasteiger partial charge in [0.25, 0.3) is 0 Å². The van der Waals surface area contributed by atoms with Crippen molar-refractivity contribution in [3.63, 3.8) is 0 Å². The van der Waals surface area contributed by atoms with Gasteiger partial charge in [-0.25, -0.2) is 0 Å². The van der Waals surface area contributed by atoms with Crippen LogP contribution in [0.15, 0.2) is 0 Å². The Bertz CT molecular complexity index is 280. The zero-order chi connectivity index (χ0) is 15.1. The van der Waals surface area contributed by atoms with Gasteiger partial charge in [-0.15, -0.1) is 0 Å². The Morgan fingerprint density at radius 1 is 1.24 bits per heavy atom. The number of likely N-dealkylation sites (tertiary alicyclic amines) is 1. The van der Waals surface area contributed by atoms with E-state index in [9.17, 15) is 5.11 Å². The molecule has 1 aliphatic heterocycles. The third kappa shape index (κ3) is 6.64. The molecule has 4 heteroatoms. The van der Waals surface area contributed by atoms with E-state index in [0.717, 1.165) is 24.8 Å². The summed E-state index contributed by atoms with van der Waals surface area (Å²) >= 11 is 0. The quantitative estimate of drug-likeness (QED) is 0.753. The molecule has 1 heterocycles. The molecule has 2 aliphatic rings. The van der Waals surface area contributed by atoms with Crippen LogP contribution in [0.3, 0.4) is 0 Å².